The van der Waals surface area contributed by atoms with Gasteiger partial charge in [-0.3, -0.25) is 9.72 Å². The number of pyridine rings is 1. The van der Waals surface area contributed by atoms with Crippen molar-refractivity contribution in [1.82, 2.24) is 29.7 Å². The highest BCUT2D eigenvalue weighted by Gasteiger charge is 2.22. The van der Waals surface area contributed by atoms with E-state index in [1.807, 2.05) is 84.3 Å². The molecular weight excluding hydrogens is 606 g/mol. The van der Waals surface area contributed by atoms with Crippen molar-refractivity contribution in [3.05, 3.63) is 113 Å². The lowest BCUT2D eigenvalue weighted by Gasteiger charge is -2.14. The van der Waals surface area contributed by atoms with Crippen LogP contribution < -0.4 is 10.6 Å². The number of rotatable bonds is 7. The Kier molecular flexibility index (Phi) is 8.26. The third-order valence-corrected chi connectivity index (χ3v) is 8.72. The summed E-state index contributed by atoms with van der Waals surface area (Å²) in [6, 6.07) is 26.4. The number of fused-ring (bicyclic) bond motifs is 1. The first-order chi connectivity index (χ1) is 21.6. The fourth-order valence-corrected chi connectivity index (χ4v) is 5.92. The van der Waals surface area contributed by atoms with Crippen molar-refractivity contribution in [2.75, 3.05) is 5.32 Å². The van der Waals surface area contributed by atoms with Crippen LogP contribution >= 0.6 is 23.4 Å². The second-order valence-corrected chi connectivity index (χ2v) is 13.2. The van der Waals surface area contributed by atoms with Gasteiger partial charge in [0.1, 0.15) is 11.6 Å². The van der Waals surface area contributed by atoms with Crippen LogP contribution in [0.5, 0.6) is 5.75 Å². The quantitative estimate of drug-likeness (QED) is 0.164. The summed E-state index contributed by atoms with van der Waals surface area (Å²) in [7, 11) is 0. The molecule has 3 N–H and O–H groups in total. The number of urea groups is 1. The van der Waals surface area contributed by atoms with E-state index in [4.69, 9.17) is 16.7 Å². The first-order valence-corrected chi connectivity index (χ1v) is 15.6. The summed E-state index contributed by atoms with van der Waals surface area (Å²) in [6.07, 6.45) is 1.94. The maximum absolute atomic E-state index is 13.2. The van der Waals surface area contributed by atoms with Gasteiger partial charge in [0.05, 0.1) is 16.4 Å². The maximum atomic E-state index is 13.2. The average Bonchev–Trinajstić information content (AvgIpc) is 3.63. The van der Waals surface area contributed by atoms with Gasteiger partial charge in [-0.15, -0.1) is 10.2 Å². The van der Waals surface area contributed by atoms with Crippen LogP contribution in [-0.2, 0) is 12.0 Å². The van der Waals surface area contributed by atoms with Crippen LogP contribution in [0, 0.1) is 6.92 Å². The number of carbonyl (C=O) groups excluding carboxylic acids is 1. The number of anilines is 1. The molecule has 0 saturated heterocycles. The molecule has 0 atom stereocenters. The summed E-state index contributed by atoms with van der Waals surface area (Å²) in [5.74, 6) is 1.10. The molecule has 0 unspecified atom stereocenters. The Hall–Kier alpha value is -4.80. The molecule has 0 bridgehead atoms. The normalized spacial score (nSPS) is 11.6. The molecule has 228 valence electrons. The summed E-state index contributed by atoms with van der Waals surface area (Å²) >= 11 is 7.93. The van der Waals surface area contributed by atoms with Gasteiger partial charge in [0, 0.05) is 39.6 Å². The molecule has 0 aliphatic carbocycles. The number of amides is 2. The molecule has 0 aliphatic heterocycles. The highest BCUT2D eigenvalue weighted by atomic mass is 35.5. The minimum Gasteiger partial charge on any atom is -0.506 e. The molecule has 6 rings (SSSR count). The van der Waals surface area contributed by atoms with Crippen LogP contribution in [-0.4, -0.2) is 35.5 Å². The van der Waals surface area contributed by atoms with E-state index < -0.39 is 0 Å². The topological polar surface area (TPSA) is 109 Å². The van der Waals surface area contributed by atoms with Gasteiger partial charge in [-0.05, 0) is 55.0 Å². The second kappa shape index (κ2) is 12.3. The number of hydrogen-bond acceptors (Lipinski definition) is 6. The molecule has 2 amide bonds. The lowest BCUT2D eigenvalue weighted by Crippen LogP contribution is -2.29. The van der Waals surface area contributed by atoms with Gasteiger partial charge in [-0.25, -0.2) is 9.48 Å². The van der Waals surface area contributed by atoms with Crippen molar-refractivity contribution in [1.29, 1.82) is 0 Å². The maximum Gasteiger partial charge on any atom is 0.320 e. The van der Waals surface area contributed by atoms with E-state index in [9.17, 15) is 9.90 Å². The predicted molar refractivity (Wildman–Crippen MR) is 179 cm³/mol. The summed E-state index contributed by atoms with van der Waals surface area (Å²) in [6.45, 7) is 8.64. The predicted octanol–water partition coefficient (Wildman–Crippen LogP) is 8.02. The molecule has 3 aromatic heterocycles. The molecular formula is C34H32ClN7O2S. The number of halogens is 1. The number of nitrogens with one attached hydrogen (secondary N) is 2. The first-order valence-electron chi connectivity index (χ1n) is 14.4. The number of aryl methyl sites for hydroxylation is 1. The number of phenols is 1. The number of aromatic hydroxyl groups is 1. The van der Waals surface area contributed by atoms with E-state index in [1.54, 1.807) is 28.6 Å². The molecule has 0 fully saturated rings. The van der Waals surface area contributed by atoms with Crippen molar-refractivity contribution >= 4 is 40.9 Å². The number of aromatic nitrogens is 5. The molecule has 3 heterocycles. The van der Waals surface area contributed by atoms with Crippen molar-refractivity contribution in [3.63, 3.8) is 0 Å². The Balaban J connectivity index is 1.20. The minimum atomic E-state index is -0.331. The molecule has 0 saturated carbocycles. The number of benzene rings is 3. The van der Waals surface area contributed by atoms with Gasteiger partial charge < -0.3 is 10.4 Å². The van der Waals surface area contributed by atoms with Crippen LogP contribution in [0.2, 0.25) is 5.02 Å². The van der Waals surface area contributed by atoms with Crippen molar-refractivity contribution in [2.24, 2.45) is 0 Å². The van der Waals surface area contributed by atoms with Gasteiger partial charge in [-0.1, -0.05) is 86.1 Å². The molecule has 0 aliphatic rings. The fraction of sp³-hybridized carbons (Fsp3) is 0.176. The van der Waals surface area contributed by atoms with Crippen molar-refractivity contribution in [2.45, 2.75) is 49.4 Å². The Morgan fingerprint density at radius 3 is 2.53 bits per heavy atom. The fourth-order valence-electron chi connectivity index (χ4n) is 4.74. The van der Waals surface area contributed by atoms with Crippen molar-refractivity contribution in [3.8, 4) is 22.8 Å². The highest BCUT2D eigenvalue weighted by molar-refractivity contribution is 7.99. The number of hydrogen-bond donors (Lipinski definition) is 3. The Bertz CT molecular complexity index is 2010. The minimum absolute atomic E-state index is 0.0174. The summed E-state index contributed by atoms with van der Waals surface area (Å²) in [5.41, 5.74) is 4.89. The summed E-state index contributed by atoms with van der Waals surface area (Å²) < 4.78 is 3.61. The van der Waals surface area contributed by atoms with Gasteiger partial charge in [0.2, 0.25) is 0 Å². The van der Waals surface area contributed by atoms with Crippen LogP contribution in [0.15, 0.2) is 101 Å². The van der Waals surface area contributed by atoms with E-state index in [-0.39, 0.29) is 22.2 Å². The lowest BCUT2D eigenvalue weighted by molar-refractivity contribution is 0.251. The molecule has 6 aromatic rings. The standard InChI is InChI=1S/C34H32ClN7O2S/c1-21-12-14-23(15-13-21)42-30(18-28(40-42)34(2,3)4)37-33(44)36-19-22-8-5-6-11-27(22)45-24-16-17-29-38-39-32(41(29)20-24)25-9-7-10-26(43)31(25)35/h5-18,20,43H,19H2,1-4H3,(H2,36,37,44). The molecule has 0 radical (unpaired) electrons. The van der Waals surface area contributed by atoms with E-state index in [2.05, 4.69) is 41.6 Å². The van der Waals surface area contributed by atoms with Crippen LogP contribution in [0.1, 0.15) is 37.6 Å². The highest BCUT2D eigenvalue weighted by Crippen LogP contribution is 2.35. The SMILES string of the molecule is Cc1ccc(-n2nc(C(C)(C)C)cc2NC(=O)NCc2ccccc2Sc2ccc3nnc(-c4cccc(O)c4Cl)n3c2)cc1. The van der Waals surface area contributed by atoms with Crippen LogP contribution in [0.25, 0.3) is 22.7 Å². The van der Waals surface area contributed by atoms with Gasteiger partial charge in [-0.2, -0.15) is 5.10 Å². The molecule has 45 heavy (non-hydrogen) atoms. The van der Waals surface area contributed by atoms with E-state index >= 15 is 0 Å². The number of nitrogens with zero attached hydrogens (tertiary/aromatic N) is 5. The molecule has 3 aromatic carbocycles. The Morgan fingerprint density at radius 2 is 1.76 bits per heavy atom. The van der Waals surface area contributed by atoms with E-state index in [0.29, 0.717) is 29.4 Å². The summed E-state index contributed by atoms with van der Waals surface area (Å²) in [5, 5.41) is 29.7. The Morgan fingerprint density at radius 1 is 0.978 bits per heavy atom. The van der Waals surface area contributed by atoms with Crippen LogP contribution in [0.4, 0.5) is 10.6 Å². The largest absolute Gasteiger partial charge is 0.506 e. The third-order valence-electron chi connectivity index (χ3n) is 7.23. The van der Waals surface area contributed by atoms with E-state index in [1.165, 1.54) is 6.07 Å². The van der Waals surface area contributed by atoms with Crippen LogP contribution in [0.3, 0.4) is 0 Å². The van der Waals surface area contributed by atoms with Crippen molar-refractivity contribution < 1.29 is 9.90 Å². The zero-order valence-corrected chi connectivity index (χ0v) is 26.8. The first kappa shape index (κ1) is 30.2. The van der Waals surface area contributed by atoms with E-state index in [0.717, 1.165) is 32.3 Å². The zero-order valence-electron chi connectivity index (χ0n) is 25.2. The lowest BCUT2D eigenvalue weighted by atomic mass is 9.92. The Labute approximate surface area is 270 Å². The van der Waals surface area contributed by atoms with Gasteiger partial charge in [0.15, 0.2) is 11.5 Å². The zero-order chi connectivity index (χ0) is 31.7. The molecule has 9 nitrogen and oxygen atoms in total. The molecule has 11 heteroatoms. The number of carbonyl (C=O) groups is 1. The summed E-state index contributed by atoms with van der Waals surface area (Å²) in [4.78, 5) is 15.1. The monoisotopic (exact) mass is 637 g/mol. The van der Waals surface area contributed by atoms with Gasteiger partial charge >= 0.3 is 6.03 Å². The second-order valence-electron chi connectivity index (χ2n) is 11.7. The molecule has 0 spiro atoms. The average molecular weight is 638 g/mol. The third kappa shape index (κ3) is 6.52. The van der Waals surface area contributed by atoms with Gasteiger partial charge in [0.25, 0.3) is 0 Å². The number of phenolic OH excluding ortho intramolecular Hbond substituents is 1. The smallest absolute Gasteiger partial charge is 0.320 e.